The minimum atomic E-state index is -2.78. The average Bonchev–Trinajstić information content (AvgIpc) is 2.97. The number of Topliss-reactive ketones (excluding diaryl/α,β-unsaturated/α-hetero) is 1. The molecule has 2 atom stereocenters. The summed E-state index contributed by atoms with van der Waals surface area (Å²) in [5, 5.41) is 27.2. The molecule has 0 bridgehead atoms. The van der Waals surface area contributed by atoms with Crippen molar-refractivity contribution in [1.82, 2.24) is 0 Å². The summed E-state index contributed by atoms with van der Waals surface area (Å²) in [5.74, 6) is -4.02. The first-order chi connectivity index (χ1) is 13.3. The molecule has 0 saturated heterocycles. The zero-order chi connectivity index (χ0) is 21.0. The molecule has 1 fully saturated rings. The van der Waals surface area contributed by atoms with Gasteiger partial charge in [0.05, 0.1) is 0 Å². The lowest BCUT2D eigenvalue weighted by Gasteiger charge is -2.15. The zero-order valence-corrected chi connectivity index (χ0v) is 17.3. The van der Waals surface area contributed by atoms with Crippen molar-refractivity contribution in [2.45, 2.75) is 90.3 Å². The monoisotopic (exact) mass is 392 g/mol. The maximum absolute atomic E-state index is 12.2. The molecule has 3 N–H and O–H groups in total. The molecule has 0 aromatic heterocycles. The summed E-state index contributed by atoms with van der Waals surface area (Å²) >= 11 is 0. The molecule has 0 unspecified atom stereocenters. The van der Waals surface area contributed by atoms with E-state index in [0.717, 1.165) is 18.4 Å². The summed E-state index contributed by atoms with van der Waals surface area (Å²) in [7, 11) is 0. The van der Waals surface area contributed by atoms with Gasteiger partial charge in [0.15, 0.2) is 0 Å². The third-order valence-corrected chi connectivity index (χ3v) is 5.37. The van der Waals surface area contributed by atoms with Gasteiger partial charge < -0.3 is 15.3 Å². The van der Waals surface area contributed by atoms with E-state index >= 15 is 0 Å². The van der Waals surface area contributed by atoms with Crippen LogP contribution in [0, 0.1) is 11.8 Å². The number of aliphatic hydroxyl groups is 2. The average molecular weight is 393 g/mol. The summed E-state index contributed by atoms with van der Waals surface area (Å²) < 4.78 is 0. The van der Waals surface area contributed by atoms with Crippen molar-refractivity contribution < 1.29 is 24.9 Å². The lowest BCUT2D eigenvalue weighted by atomic mass is 9.89. The van der Waals surface area contributed by atoms with Gasteiger partial charge in [0, 0.05) is 18.8 Å². The summed E-state index contributed by atoms with van der Waals surface area (Å²) in [6.45, 7) is 4.05. The summed E-state index contributed by atoms with van der Waals surface area (Å²) in [5.41, 5.74) is 3.71. The maximum Gasteiger partial charge on any atom is 0.364 e. The van der Waals surface area contributed by atoms with E-state index in [0.29, 0.717) is 12.8 Å². The Balaban J connectivity index is 2.49. The summed E-state index contributed by atoms with van der Waals surface area (Å²) in [4.78, 5) is 22.9. The minimum Gasteiger partial charge on any atom is -0.477 e. The second kappa shape index (κ2) is 12.7. The topological polar surface area (TPSA) is 94.8 Å². The van der Waals surface area contributed by atoms with Crippen LogP contribution >= 0.6 is 0 Å². The first kappa shape index (κ1) is 24.4. The molecule has 0 aromatic rings. The molecule has 5 heteroatoms. The molecule has 0 aliphatic heterocycles. The first-order valence-electron chi connectivity index (χ1n) is 10.6. The fraction of sp³-hybridized carbons (Fsp3) is 0.696. The lowest BCUT2D eigenvalue weighted by molar-refractivity contribution is -0.201. The molecular formula is C23H36O5. The van der Waals surface area contributed by atoms with Crippen molar-refractivity contribution in [2.24, 2.45) is 11.8 Å². The van der Waals surface area contributed by atoms with Crippen molar-refractivity contribution in [2.75, 3.05) is 0 Å². The van der Waals surface area contributed by atoms with E-state index in [1.54, 1.807) is 0 Å². The number of unbranched alkanes of at least 4 members (excludes halogenated alkanes) is 6. The molecular weight excluding hydrogens is 356 g/mol. The number of ketones is 1. The summed E-state index contributed by atoms with van der Waals surface area (Å²) in [6, 6.07) is 0. The SMILES string of the molecule is CCCCCCCCC=C[C@H]1CCC(=O)[C@@H]1CC(C)=C=CCC(O)(O)C(=O)O. The van der Waals surface area contributed by atoms with Crippen LogP contribution in [-0.2, 0) is 9.59 Å². The quantitative estimate of drug-likeness (QED) is 0.185. The number of hydrogen-bond donors (Lipinski definition) is 3. The number of carbonyl (C=O) groups is 2. The van der Waals surface area contributed by atoms with E-state index < -0.39 is 18.2 Å². The van der Waals surface area contributed by atoms with Gasteiger partial charge in [-0.15, -0.1) is 5.73 Å². The Bertz CT molecular complexity index is 596. The molecule has 1 saturated carbocycles. The Kier molecular flexibility index (Phi) is 11.1. The number of allylic oxidation sites excluding steroid dienone is 2. The Morgan fingerprint density at radius 2 is 1.89 bits per heavy atom. The van der Waals surface area contributed by atoms with E-state index in [2.05, 4.69) is 24.8 Å². The van der Waals surface area contributed by atoms with E-state index in [9.17, 15) is 19.8 Å². The first-order valence-corrected chi connectivity index (χ1v) is 10.6. The Morgan fingerprint density at radius 3 is 2.57 bits per heavy atom. The van der Waals surface area contributed by atoms with Crippen LogP contribution in [0.2, 0.25) is 0 Å². The summed E-state index contributed by atoms with van der Waals surface area (Å²) in [6.07, 6.45) is 16.0. The number of aliphatic carboxylic acids is 1. The van der Waals surface area contributed by atoms with Crippen molar-refractivity contribution in [3.05, 3.63) is 29.5 Å². The fourth-order valence-electron chi connectivity index (χ4n) is 3.59. The second-order valence-electron chi connectivity index (χ2n) is 7.92. The molecule has 0 spiro atoms. The van der Waals surface area contributed by atoms with Gasteiger partial charge in [-0.3, -0.25) is 4.79 Å². The third kappa shape index (κ3) is 9.01. The van der Waals surface area contributed by atoms with Gasteiger partial charge in [0.1, 0.15) is 5.78 Å². The van der Waals surface area contributed by atoms with Crippen molar-refractivity contribution in [3.8, 4) is 0 Å². The highest BCUT2D eigenvalue weighted by Gasteiger charge is 2.33. The standard InChI is InChI=1S/C23H36O5/c1-3-4-5-6-7-8-9-10-13-19-14-15-21(24)20(19)17-18(2)12-11-16-23(27,28)22(25)26/h10-11,13,19-20,27-28H,3-9,14-17H2,1-2H3,(H,25,26)/t12?,19-,20+/m0/s1. The molecule has 28 heavy (non-hydrogen) atoms. The number of carboxylic acid groups (broad SMARTS) is 1. The Labute approximate surface area is 168 Å². The van der Waals surface area contributed by atoms with Gasteiger partial charge in [-0.1, -0.05) is 51.2 Å². The molecule has 1 aliphatic rings. The smallest absolute Gasteiger partial charge is 0.364 e. The van der Waals surface area contributed by atoms with Gasteiger partial charge >= 0.3 is 5.97 Å². The van der Waals surface area contributed by atoms with Gasteiger partial charge in [-0.2, -0.15) is 0 Å². The predicted molar refractivity (Wildman–Crippen MR) is 110 cm³/mol. The molecule has 5 nitrogen and oxygen atoms in total. The van der Waals surface area contributed by atoms with Crippen LogP contribution in [0.25, 0.3) is 0 Å². The van der Waals surface area contributed by atoms with Crippen LogP contribution in [0.4, 0.5) is 0 Å². The normalized spacial score (nSPS) is 19.8. The van der Waals surface area contributed by atoms with Crippen LogP contribution in [-0.4, -0.2) is 32.9 Å². The minimum absolute atomic E-state index is 0.0609. The number of carbonyl (C=O) groups excluding carboxylic acids is 1. The molecule has 0 amide bonds. The fourth-order valence-corrected chi connectivity index (χ4v) is 3.59. The predicted octanol–water partition coefficient (Wildman–Crippen LogP) is 4.54. The molecule has 0 aromatic carbocycles. The molecule has 0 heterocycles. The highest BCUT2D eigenvalue weighted by atomic mass is 16.5. The van der Waals surface area contributed by atoms with Crippen LogP contribution < -0.4 is 0 Å². The van der Waals surface area contributed by atoms with Crippen LogP contribution in [0.3, 0.4) is 0 Å². The van der Waals surface area contributed by atoms with Crippen molar-refractivity contribution in [3.63, 3.8) is 0 Å². The Hall–Kier alpha value is -1.68. The van der Waals surface area contributed by atoms with Gasteiger partial charge in [0.25, 0.3) is 5.79 Å². The van der Waals surface area contributed by atoms with E-state index in [-0.39, 0.29) is 17.6 Å². The van der Waals surface area contributed by atoms with Gasteiger partial charge in [-0.05, 0) is 50.2 Å². The Morgan fingerprint density at radius 1 is 1.21 bits per heavy atom. The lowest BCUT2D eigenvalue weighted by Crippen LogP contribution is -2.37. The van der Waals surface area contributed by atoms with Gasteiger partial charge in [-0.25, -0.2) is 4.79 Å². The largest absolute Gasteiger partial charge is 0.477 e. The van der Waals surface area contributed by atoms with E-state index in [1.807, 2.05) is 6.92 Å². The van der Waals surface area contributed by atoms with Crippen molar-refractivity contribution >= 4 is 11.8 Å². The number of hydrogen-bond acceptors (Lipinski definition) is 4. The van der Waals surface area contributed by atoms with Crippen molar-refractivity contribution in [1.29, 1.82) is 0 Å². The molecule has 0 radical (unpaired) electrons. The van der Waals surface area contributed by atoms with Crippen LogP contribution in [0.5, 0.6) is 0 Å². The van der Waals surface area contributed by atoms with Crippen LogP contribution in [0.1, 0.15) is 84.5 Å². The molecule has 158 valence electrons. The van der Waals surface area contributed by atoms with Gasteiger partial charge in [0.2, 0.25) is 0 Å². The highest BCUT2D eigenvalue weighted by Crippen LogP contribution is 2.34. The van der Waals surface area contributed by atoms with E-state index in [1.165, 1.54) is 44.6 Å². The molecule has 1 aliphatic carbocycles. The number of rotatable bonds is 13. The molecule has 1 rings (SSSR count). The third-order valence-electron chi connectivity index (χ3n) is 5.37. The second-order valence-corrected chi connectivity index (χ2v) is 7.92. The highest BCUT2D eigenvalue weighted by molar-refractivity contribution is 5.84. The number of carboxylic acids is 1. The zero-order valence-electron chi connectivity index (χ0n) is 17.3. The maximum atomic E-state index is 12.2. The van der Waals surface area contributed by atoms with Crippen LogP contribution in [0.15, 0.2) is 29.5 Å². The van der Waals surface area contributed by atoms with E-state index in [4.69, 9.17) is 5.11 Å².